The van der Waals surface area contributed by atoms with Crippen LogP contribution in [0.25, 0.3) is 0 Å². The molecule has 0 aliphatic carbocycles. The number of thioether (sulfide) groups is 2. The minimum absolute atomic E-state index is 0.281. The number of carbonyl (C=O) groups is 1. The van der Waals surface area contributed by atoms with Crippen LogP contribution in [0.1, 0.15) is 33.1 Å². The minimum atomic E-state index is -0.609. The molecule has 1 amide bonds. The summed E-state index contributed by atoms with van der Waals surface area (Å²) >= 11 is 4.90. The van der Waals surface area contributed by atoms with Crippen molar-refractivity contribution in [3.05, 3.63) is 0 Å². The number of primary amides is 1. The van der Waals surface area contributed by atoms with Crippen molar-refractivity contribution in [3.63, 3.8) is 0 Å². The van der Waals surface area contributed by atoms with Crippen molar-refractivity contribution in [1.82, 2.24) is 15.5 Å². The first-order valence-electron chi connectivity index (χ1n) is 6.57. The van der Waals surface area contributed by atoms with Crippen LogP contribution < -0.4 is 11.1 Å². The summed E-state index contributed by atoms with van der Waals surface area (Å²) in [5.74, 6) is 0.635. The lowest BCUT2D eigenvalue weighted by atomic mass is 9.95. The van der Waals surface area contributed by atoms with E-state index >= 15 is 0 Å². The molecule has 8 heteroatoms. The second-order valence-electron chi connectivity index (χ2n) is 4.61. The molecule has 0 saturated carbocycles. The van der Waals surface area contributed by atoms with Gasteiger partial charge in [0.15, 0.2) is 8.68 Å². The largest absolute Gasteiger partial charge is 0.368 e. The molecule has 0 saturated heterocycles. The van der Waals surface area contributed by atoms with E-state index in [0.717, 1.165) is 40.2 Å². The van der Waals surface area contributed by atoms with Gasteiger partial charge in [0.05, 0.1) is 5.54 Å². The van der Waals surface area contributed by atoms with Crippen molar-refractivity contribution in [1.29, 1.82) is 0 Å². The van der Waals surface area contributed by atoms with Gasteiger partial charge in [-0.05, 0) is 39.0 Å². The highest BCUT2D eigenvalue weighted by atomic mass is 32.2. The van der Waals surface area contributed by atoms with E-state index in [9.17, 15) is 4.79 Å². The van der Waals surface area contributed by atoms with E-state index in [1.54, 1.807) is 34.9 Å². The Hall–Kier alpha value is -0.310. The minimum Gasteiger partial charge on any atom is -0.368 e. The van der Waals surface area contributed by atoms with Crippen molar-refractivity contribution in [3.8, 4) is 0 Å². The fraction of sp³-hybridized carbons (Fsp3) is 0.750. The fourth-order valence-corrected chi connectivity index (χ4v) is 4.07. The van der Waals surface area contributed by atoms with Crippen molar-refractivity contribution < 1.29 is 4.79 Å². The van der Waals surface area contributed by atoms with Gasteiger partial charge < -0.3 is 11.1 Å². The quantitative estimate of drug-likeness (QED) is 0.505. The monoisotopic (exact) mass is 334 g/mol. The molecule has 0 aromatic carbocycles. The van der Waals surface area contributed by atoms with E-state index in [0.29, 0.717) is 0 Å². The lowest BCUT2D eigenvalue weighted by Crippen LogP contribution is -2.53. The van der Waals surface area contributed by atoms with Gasteiger partial charge in [-0.15, -0.1) is 10.2 Å². The highest BCUT2D eigenvalue weighted by Gasteiger charge is 2.29. The molecule has 0 aliphatic heterocycles. The third-order valence-electron chi connectivity index (χ3n) is 2.92. The van der Waals surface area contributed by atoms with Crippen LogP contribution in [-0.2, 0) is 4.79 Å². The number of hydrogen-bond donors (Lipinski definition) is 2. The number of rotatable bonds is 10. The summed E-state index contributed by atoms with van der Waals surface area (Å²) in [7, 11) is 0. The molecule has 114 valence electrons. The molecule has 0 radical (unpaired) electrons. The third kappa shape index (κ3) is 5.59. The predicted octanol–water partition coefficient (Wildman–Crippen LogP) is 2.38. The van der Waals surface area contributed by atoms with Crippen LogP contribution in [-0.4, -0.2) is 40.2 Å². The van der Waals surface area contributed by atoms with Gasteiger partial charge in [-0.3, -0.25) is 4.79 Å². The molecule has 1 unspecified atom stereocenters. The number of hydrogen-bond acceptors (Lipinski definition) is 7. The maximum Gasteiger partial charge on any atom is 0.237 e. The second kappa shape index (κ2) is 8.86. The number of amides is 1. The standard InChI is InChI=1S/C12H22N4OS3/c1-4-7-14-12(2,9(13)17)6-5-8-19-11-16-15-10(18-3)20-11/h14H,4-8H2,1-3H3,(H2,13,17). The number of nitrogens with two attached hydrogens (primary N) is 1. The molecule has 0 bridgehead atoms. The van der Waals surface area contributed by atoms with E-state index < -0.39 is 5.54 Å². The summed E-state index contributed by atoms with van der Waals surface area (Å²) in [5.41, 5.74) is 4.89. The molecular formula is C12H22N4OS3. The van der Waals surface area contributed by atoms with Gasteiger partial charge in [0, 0.05) is 5.75 Å². The maximum absolute atomic E-state index is 11.6. The second-order valence-corrected chi connectivity index (χ2v) is 7.99. The van der Waals surface area contributed by atoms with Crippen molar-refractivity contribution in [2.75, 3.05) is 18.6 Å². The van der Waals surface area contributed by atoms with Gasteiger partial charge in [0.25, 0.3) is 0 Å². The van der Waals surface area contributed by atoms with Gasteiger partial charge >= 0.3 is 0 Å². The smallest absolute Gasteiger partial charge is 0.237 e. The Morgan fingerprint density at radius 2 is 2.15 bits per heavy atom. The van der Waals surface area contributed by atoms with Crippen molar-refractivity contribution in [2.45, 2.75) is 47.3 Å². The van der Waals surface area contributed by atoms with Crippen LogP contribution in [0.15, 0.2) is 8.68 Å². The third-order valence-corrected chi connectivity index (χ3v) is 6.04. The lowest BCUT2D eigenvalue weighted by molar-refractivity contribution is -0.124. The van der Waals surface area contributed by atoms with Crippen molar-refractivity contribution in [2.24, 2.45) is 5.73 Å². The van der Waals surface area contributed by atoms with Crippen LogP contribution in [0, 0.1) is 0 Å². The van der Waals surface area contributed by atoms with E-state index in [-0.39, 0.29) is 5.91 Å². The molecule has 1 rings (SSSR count). The van der Waals surface area contributed by atoms with Crippen LogP contribution in [0.4, 0.5) is 0 Å². The van der Waals surface area contributed by atoms with Crippen LogP contribution in [0.3, 0.4) is 0 Å². The van der Waals surface area contributed by atoms with E-state index in [2.05, 4.69) is 22.4 Å². The first-order chi connectivity index (χ1) is 9.51. The number of nitrogens with zero attached hydrogens (tertiary/aromatic N) is 2. The fourth-order valence-electron chi connectivity index (χ4n) is 1.62. The molecule has 0 aliphatic rings. The highest BCUT2D eigenvalue weighted by Crippen LogP contribution is 2.28. The van der Waals surface area contributed by atoms with E-state index in [1.165, 1.54) is 0 Å². The highest BCUT2D eigenvalue weighted by molar-refractivity contribution is 8.02. The predicted molar refractivity (Wildman–Crippen MR) is 87.5 cm³/mol. The Balaban J connectivity index is 2.35. The molecular weight excluding hydrogens is 312 g/mol. The molecule has 5 nitrogen and oxygen atoms in total. The van der Waals surface area contributed by atoms with Crippen LogP contribution in [0.5, 0.6) is 0 Å². The summed E-state index contributed by atoms with van der Waals surface area (Å²) in [6.07, 6.45) is 4.63. The summed E-state index contributed by atoms with van der Waals surface area (Å²) in [6.45, 7) is 4.76. The summed E-state index contributed by atoms with van der Waals surface area (Å²) in [5, 5.41) is 11.4. The maximum atomic E-state index is 11.6. The zero-order chi connectivity index (χ0) is 15.0. The molecule has 1 atom stereocenters. The van der Waals surface area contributed by atoms with E-state index in [4.69, 9.17) is 5.73 Å². The Morgan fingerprint density at radius 3 is 2.70 bits per heavy atom. The average Bonchev–Trinajstić information content (AvgIpc) is 2.89. The Labute approximate surface area is 132 Å². The lowest BCUT2D eigenvalue weighted by Gasteiger charge is -2.27. The Bertz CT molecular complexity index is 427. The molecule has 3 N–H and O–H groups in total. The van der Waals surface area contributed by atoms with E-state index in [1.807, 2.05) is 13.2 Å². The molecule has 1 aromatic heterocycles. The Kier molecular flexibility index (Phi) is 7.86. The average molecular weight is 335 g/mol. The normalized spacial score (nSPS) is 14.2. The summed E-state index contributed by atoms with van der Waals surface area (Å²) in [6, 6.07) is 0. The molecule has 0 fully saturated rings. The first kappa shape index (κ1) is 17.7. The topological polar surface area (TPSA) is 80.9 Å². The number of nitrogens with one attached hydrogen (secondary N) is 1. The van der Waals surface area contributed by atoms with Crippen LogP contribution >= 0.6 is 34.9 Å². The molecule has 20 heavy (non-hydrogen) atoms. The van der Waals surface area contributed by atoms with Crippen molar-refractivity contribution >= 4 is 40.8 Å². The molecule has 1 aromatic rings. The van der Waals surface area contributed by atoms with Gasteiger partial charge in [-0.25, -0.2) is 0 Å². The van der Waals surface area contributed by atoms with Crippen LogP contribution in [0.2, 0.25) is 0 Å². The van der Waals surface area contributed by atoms with Gasteiger partial charge in [-0.2, -0.15) is 0 Å². The van der Waals surface area contributed by atoms with Gasteiger partial charge in [-0.1, -0.05) is 41.8 Å². The number of carbonyl (C=O) groups excluding carboxylic acids is 1. The van der Waals surface area contributed by atoms with Gasteiger partial charge in [0.2, 0.25) is 5.91 Å². The zero-order valence-corrected chi connectivity index (χ0v) is 14.6. The van der Waals surface area contributed by atoms with Gasteiger partial charge in [0.1, 0.15) is 0 Å². The Morgan fingerprint density at radius 1 is 1.45 bits per heavy atom. The molecule has 0 spiro atoms. The SMILES string of the molecule is CCCNC(C)(CCCSc1nnc(SC)s1)C(N)=O. The zero-order valence-electron chi connectivity index (χ0n) is 12.1. The first-order valence-corrected chi connectivity index (χ1v) is 9.59. The molecule has 1 heterocycles. The summed E-state index contributed by atoms with van der Waals surface area (Å²) < 4.78 is 1.97. The summed E-state index contributed by atoms with van der Waals surface area (Å²) in [4.78, 5) is 11.6. The number of aromatic nitrogens is 2.